The SMILES string of the molecule is COc1ccc(-c2[nH]c3ccc(C4CCC5CC(C4)N5C(=O)OC(C)(C)C)cc3c2C(C)C)cc1OC. The Bertz CT molecular complexity index is 1300. The van der Waals surface area contributed by atoms with Gasteiger partial charge in [-0.3, -0.25) is 0 Å². The highest BCUT2D eigenvalue weighted by molar-refractivity contribution is 5.92. The molecule has 198 valence electrons. The molecule has 6 rings (SSSR count). The normalized spacial score (nSPS) is 21.5. The zero-order valence-electron chi connectivity index (χ0n) is 23.2. The van der Waals surface area contributed by atoms with Crippen LogP contribution in [0.5, 0.6) is 11.5 Å². The van der Waals surface area contributed by atoms with Gasteiger partial charge in [0.05, 0.1) is 19.9 Å². The van der Waals surface area contributed by atoms with Crippen LogP contribution in [0.1, 0.15) is 83.3 Å². The minimum atomic E-state index is -0.465. The summed E-state index contributed by atoms with van der Waals surface area (Å²) in [7, 11) is 3.33. The molecule has 0 spiro atoms. The monoisotopic (exact) mass is 504 g/mol. The Morgan fingerprint density at radius 2 is 1.73 bits per heavy atom. The second kappa shape index (κ2) is 9.62. The first-order valence-electron chi connectivity index (χ1n) is 13.5. The third kappa shape index (κ3) is 4.78. The zero-order valence-corrected chi connectivity index (χ0v) is 23.2. The van der Waals surface area contributed by atoms with Crippen LogP contribution in [0.2, 0.25) is 0 Å². The van der Waals surface area contributed by atoms with Gasteiger partial charge in [0.2, 0.25) is 0 Å². The maximum Gasteiger partial charge on any atom is 0.410 e. The molecule has 37 heavy (non-hydrogen) atoms. The standard InChI is InChI=1S/C31H40N2O4/c1-18(2)28-24-15-20(19-8-11-22-17-23(14-19)33(22)30(34)37-31(3,4)5)9-12-25(24)32-29(28)21-10-13-26(35-6)27(16-21)36-7/h9-10,12-13,15-16,18-19,22-23,32H,8,11,14,17H2,1-7H3. The van der Waals surface area contributed by atoms with Crippen molar-refractivity contribution in [3.8, 4) is 22.8 Å². The van der Waals surface area contributed by atoms with Crippen LogP contribution in [0.3, 0.4) is 0 Å². The van der Waals surface area contributed by atoms with E-state index in [9.17, 15) is 4.79 Å². The highest BCUT2D eigenvalue weighted by atomic mass is 16.6. The van der Waals surface area contributed by atoms with E-state index in [1.807, 2.05) is 37.8 Å². The molecular formula is C31H40N2O4. The average Bonchev–Trinajstić information content (AvgIpc) is 2.95. The third-order valence-corrected chi connectivity index (χ3v) is 7.92. The Morgan fingerprint density at radius 1 is 0.973 bits per heavy atom. The second-order valence-corrected chi connectivity index (χ2v) is 11.9. The molecule has 2 bridgehead atoms. The van der Waals surface area contributed by atoms with Gasteiger partial charge < -0.3 is 24.1 Å². The van der Waals surface area contributed by atoms with E-state index in [0.29, 0.717) is 17.9 Å². The lowest BCUT2D eigenvalue weighted by Crippen LogP contribution is -2.58. The lowest BCUT2D eigenvalue weighted by atomic mass is 9.87. The number of rotatable bonds is 5. The topological polar surface area (TPSA) is 63.8 Å². The first-order chi connectivity index (χ1) is 17.6. The number of H-pyrrole nitrogens is 1. The molecule has 2 saturated heterocycles. The number of methoxy groups -OCH3 is 2. The van der Waals surface area contributed by atoms with Gasteiger partial charge in [-0.25, -0.2) is 4.79 Å². The summed E-state index contributed by atoms with van der Waals surface area (Å²) in [5.74, 6) is 2.23. The summed E-state index contributed by atoms with van der Waals surface area (Å²) < 4.78 is 16.7. The molecule has 1 aliphatic carbocycles. The predicted octanol–water partition coefficient (Wildman–Crippen LogP) is 7.62. The zero-order chi connectivity index (χ0) is 26.5. The van der Waals surface area contributed by atoms with Crippen molar-refractivity contribution in [2.45, 2.75) is 89.8 Å². The van der Waals surface area contributed by atoms with E-state index in [0.717, 1.165) is 54.0 Å². The summed E-state index contributed by atoms with van der Waals surface area (Å²) in [4.78, 5) is 18.5. The number of hydrogen-bond acceptors (Lipinski definition) is 4. The van der Waals surface area contributed by atoms with Gasteiger partial charge in [-0.2, -0.15) is 0 Å². The molecule has 2 aliphatic heterocycles. The number of ether oxygens (including phenoxy) is 3. The fourth-order valence-electron chi connectivity index (χ4n) is 6.23. The average molecular weight is 505 g/mol. The lowest BCUT2D eigenvalue weighted by Gasteiger charge is -2.47. The summed E-state index contributed by atoms with van der Waals surface area (Å²) >= 11 is 0. The number of aromatic amines is 1. The van der Waals surface area contributed by atoms with Crippen molar-refractivity contribution in [2.75, 3.05) is 14.2 Å². The van der Waals surface area contributed by atoms with E-state index in [1.54, 1.807) is 14.2 Å². The number of nitrogens with zero attached hydrogens (tertiary/aromatic N) is 1. The molecule has 2 aromatic carbocycles. The second-order valence-electron chi connectivity index (χ2n) is 11.9. The molecule has 1 N–H and O–H groups in total. The van der Waals surface area contributed by atoms with Crippen LogP contribution < -0.4 is 9.47 Å². The minimum absolute atomic E-state index is 0.155. The van der Waals surface area contributed by atoms with Crippen LogP contribution in [0.4, 0.5) is 4.79 Å². The number of nitrogens with one attached hydrogen (secondary N) is 1. The number of benzene rings is 2. The molecule has 3 heterocycles. The van der Waals surface area contributed by atoms with Crippen molar-refractivity contribution in [1.29, 1.82) is 0 Å². The Balaban J connectivity index is 1.46. The largest absolute Gasteiger partial charge is 0.493 e. The molecule has 3 fully saturated rings. The molecule has 1 amide bonds. The number of aromatic nitrogens is 1. The summed E-state index contributed by atoms with van der Waals surface area (Å²) in [6.45, 7) is 10.3. The van der Waals surface area contributed by atoms with Gasteiger partial charge >= 0.3 is 6.09 Å². The van der Waals surface area contributed by atoms with Gasteiger partial charge in [-0.15, -0.1) is 0 Å². The van der Waals surface area contributed by atoms with E-state index in [2.05, 4.69) is 43.1 Å². The molecule has 1 aromatic heterocycles. The number of amides is 1. The molecule has 0 radical (unpaired) electrons. The predicted molar refractivity (Wildman–Crippen MR) is 148 cm³/mol. The highest BCUT2D eigenvalue weighted by Crippen LogP contribution is 2.45. The molecule has 1 saturated carbocycles. The molecular weight excluding hydrogens is 464 g/mol. The van der Waals surface area contributed by atoms with Gasteiger partial charge in [0, 0.05) is 28.6 Å². The summed E-state index contributed by atoms with van der Waals surface area (Å²) in [5, 5.41) is 1.28. The summed E-state index contributed by atoms with van der Waals surface area (Å²) in [6.07, 6.45) is 4.04. The molecule has 3 atom stereocenters. The van der Waals surface area contributed by atoms with Crippen LogP contribution in [0.25, 0.3) is 22.2 Å². The van der Waals surface area contributed by atoms with Crippen molar-refractivity contribution in [2.24, 2.45) is 0 Å². The highest BCUT2D eigenvalue weighted by Gasteiger charge is 2.46. The van der Waals surface area contributed by atoms with Crippen LogP contribution in [-0.2, 0) is 4.74 Å². The maximum atomic E-state index is 12.9. The van der Waals surface area contributed by atoms with Gasteiger partial charge in [-0.05, 0) is 99.7 Å². The maximum absolute atomic E-state index is 12.9. The Kier molecular flexibility index (Phi) is 6.63. The van der Waals surface area contributed by atoms with Crippen LogP contribution >= 0.6 is 0 Å². The molecule has 3 aromatic rings. The van der Waals surface area contributed by atoms with Crippen LogP contribution in [0, 0.1) is 0 Å². The van der Waals surface area contributed by atoms with E-state index >= 15 is 0 Å². The minimum Gasteiger partial charge on any atom is -0.493 e. The van der Waals surface area contributed by atoms with E-state index in [-0.39, 0.29) is 12.1 Å². The van der Waals surface area contributed by atoms with Gasteiger partial charge in [0.1, 0.15) is 5.60 Å². The first kappa shape index (κ1) is 25.5. The quantitative estimate of drug-likeness (QED) is 0.388. The van der Waals surface area contributed by atoms with Crippen molar-refractivity contribution in [3.05, 3.63) is 47.5 Å². The molecule has 6 nitrogen and oxygen atoms in total. The van der Waals surface area contributed by atoms with E-state index < -0.39 is 5.60 Å². The number of carbonyl (C=O) groups excluding carboxylic acids is 1. The van der Waals surface area contributed by atoms with E-state index in [4.69, 9.17) is 14.2 Å². The number of hydrogen-bond donors (Lipinski definition) is 1. The first-order valence-corrected chi connectivity index (χ1v) is 13.5. The fourth-order valence-corrected chi connectivity index (χ4v) is 6.23. The van der Waals surface area contributed by atoms with Gasteiger partial charge in [0.25, 0.3) is 0 Å². The van der Waals surface area contributed by atoms with Crippen molar-refractivity contribution >= 4 is 17.0 Å². The Labute approximate surface area is 220 Å². The number of carbonyl (C=O) groups is 1. The number of fused-ring (bicyclic) bond motifs is 4. The molecule has 3 unspecified atom stereocenters. The summed E-state index contributed by atoms with van der Waals surface area (Å²) in [5.41, 5.74) is 5.57. The Morgan fingerprint density at radius 3 is 2.41 bits per heavy atom. The van der Waals surface area contributed by atoms with Crippen LogP contribution in [-0.4, -0.2) is 47.9 Å². The van der Waals surface area contributed by atoms with Crippen molar-refractivity contribution < 1.29 is 19.0 Å². The van der Waals surface area contributed by atoms with Crippen LogP contribution in [0.15, 0.2) is 36.4 Å². The Hall–Kier alpha value is -3.15. The summed E-state index contributed by atoms with van der Waals surface area (Å²) in [6, 6.07) is 13.5. The fraction of sp³-hybridized carbons (Fsp3) is 0.516. The van der Waals surface area contributed by atoms with Gasteiger partial charge in [-0.1, -0.05) is 19.9 Å². The smallest absolute Gasteiger partial charge is 0.410 e. The van der Waals surface area contributed by atoms with E-state index in [1.165, 1.54) is 16.5 Å². The van der Waals surface area contributed by atoms with Crippen molar-refractivity contribution in [3.63, 3.8) is 0 Å². The molecule has 6 heteroatoms. The molecule has 3 aliphatic rings. The van der Waals surface area contributed by atoms with Crippen molar-refractivity contribution in [1.82, 2.24) is 9.88 Å². The van der Waals surface area contributed by atoms with Gasteiger partial charge in [0.15, 0.2) is 11.5 Å². The third-order valence-electron chi connectivity index (χ3n) is 7.92. The lowest BCUT2D eigenvalue weighted by molar-refractivity contribution is -0.0298.